The van der Waals surface area contributed by atoms with E-state index in [4.69, 9.17) is 23.9 Å². The first-order valence-corrected chi connectivity index (χ1v) is 15.9. The van der Waals surface area contributed by atoms with Crippen LogP contribution in [0.3, 0.4) is 0 Å². The fourth-order valence-corrected chi connectivity index (χ4v) is 6.23. The Kier molecular flexibility index (Phi) is 9.62. The van der Waals surface area contributed by atoms with Gasteiger partial charge < -0.3 is 23.5 Å². The highest BCUT2D eigenvalue weighted by Crippen LogP contribution is 2.39. The third-order valence-corrected chi connectivity index (χ3v) is 8.60. The summed E-state index contributed by atoms with van der Waals surface area (Å²) in [5.74, 6) is 2.63. The minimum atomic E-state index is 0.645. The van der Waals surface area contributed by atoms with Crippen LogP contribution < -0.4 is 24.4 Å². The number of ether oxygens (including phenoxy) is 4. The van der Waals surface area contributed by atoms with Gasteiger partial charge in [0.05, 0.1) is 34.0 Å². The van der Waals surface area contributed by atoms with Gasteiger partial charge in [0.2, 0.25) is 0 Å². The standard InChI is InChI=1S/C42H40N2O4/c1-7-18-43-42-36(23-34-25-39(46-4)41(48-6)27-37(34)44(42)2)35-26-40(47-5)38(45-3)24-33(35)21-28-19-31(29-14-10-8-11-15-29)22-32(20-28)30-16-12-9-13-17-30/h7-20,22-27H,21H2,1-6H3/b18-7-,43-42?. The van der Waals surface area contributed by atoms with E-state index in [1.807, 2.05) is 50.5 Å². The van der Waals surface area contributed by atoms with Gasteiger partial charge in [0.25, 0.3) is 0 Å². The number of hydrogen-bond donors (Lipinski definition) is 0. The lowest BCUT2D eigenvalue weighted by atomic mass is 9.90. The number of nitrogens with zero attached hydrogens (tertiary/aromatic N) is 2. The normalized spacial score (nSPS) is 11.7. The molecule has 0 aliphatic carbocycles. The average Bonchev–Trinajstić information content (AvgIpc) is 3.14. The smallest absolute Gasteiger partial charge is 0.162 e. The number of hydrogen-bond acceptors (Lipinski definition) is 5. The maximum absolute atomic E-state index is 5.85. The van der Waals surface area contributed by atoms with Gasteiger partial charge in [-0.25, -0.2) is 4.99 Å². The van der Waals surface area contributed by atoms with Crippen molar-refractivity contribution in [3.63, 3.8) is 0 Å². The maximum Gasteiger partial charge on any atom is 0.162 e. The SMILES string of the molecule is C/C=C\N=c1c(-c2cc(OC)c(OC)cc2Cc2cc(-c3ccccc3)cc(-c3ccccc3)c2)cc2cc(OC)c(OC)cc2n1C. The largest absolute Gasteiger partial charge is 0.493 e. The number of methoxy groups -OCH3 is 4. The Hall–Kier alpha value is -5.75. The molecule has 0 amide bonds. The van der Waals surface area contributed by atoms with E-state index in [2.05, 4.69) is 89.5 Å². The third kappa shape index (κ3) is 6.42. The first-order valence-electron chi connectivity index (χ1n) is 15.9. The van der Waals surface area contributed by atoms with Crippen molar-refractivity contribution in [1.29, 1.82) is 0 Å². The molecule has 0 spiro atoms. The first kappa shape index (κ1) is 32.2. The molecule has 242 valence electrons. The van der Waals surface area contributed by atoms with Gasteiger partial charge in [0.1, 0.15) is 5.49 Å². The summed E-state index contributed by atoms with van der Waals surface area (Å²) >= 11 is 0. The van der Waals surface area contributed by atoms with Crippen LogP contribution in [0.25, 0.3) is 44.3 Å². The molecule has 6 aromatic rings. The van der Waals surface area contributed by atoms with E-state index in [-0.39, 0.29) is 0 Å². The van der Waals surface area contributed by atoms with Crippen molar-refractivity contribution in [2.24, 2.45) is 12.0 Å². The van der Waals surface area contributed by atoms with Crippen molar-refractivity contribution in [2.75, 3.05) is 28.4 Å². The van der Waals surface area contributed by atoms with Crippen LogP contribution in [0, 0.1) is 0 Å². The molecule has 0 saturated carbocycles. The molecule has 6 heteroatoms. The second kappa shape index (κ2) is 14.3. The Bertz CT molecular complexity index is 2110. The van der Waals surface area contributed by atoms with Gasteiger partial charge in [-0.1, -0.05) is 78.9 Å². The fraction of sp³-hybridized carbons (Fsp3) is 0.167. The van der Waals surface area contributed by atoms with E-state index < -0.39 is 0 Å². The van der Waals surface area contributed by atoms with Gasteiger partial charge in [-0.2, -0.15) is 0 Å². The third-order valence-electron chi connectivity index (χ3n) is 8.60. The van der Waals surface area contributed by atoms with Gasteiger partial charge in [-0.05, 0) is 82.6 Å². The molecule has 0 aliphatic heterocycles. The Morgan fingerprint density at radius 2 is 1.12 bits per heavy atom. The summed E-state index contributed by atoms with van der Waals surface area (Å²) < 4.78 is 25.1. The monoisotopic (exact) mass is 636 g/mol. The second-order valence-electron chi connectivity index (χ2n) is 11.5. The number of aromatic nitrogens is 1. The van der Waals surface area contributed by atoms with Gasteiger partial charge in [-0.15, -0.1) is 0 Å². The molecule has 6 rings (SSSR count). The zero-order valence-electron chi connectivity index (χ0n) is 28.3. The molecule has 0 fully saturated rings. The minimum absolute atomic E-state index is 0.645. The van der Waals surface area contributed by atoms with E-state index >= 15 is 0 Å². The summed E-state index contributed by atoms with van der Waals surface area (Å²) in [5, 5.41) is 0.989. The van der Waals surface area contributed by atoms with Crippen molar-refractivity contribution in [1.82, 2.24) is 4.57 Å². The number of benzene rings is 5. The Morgan fingerprint density at radius 1 is 0.583 bits per heavy atom. The highest BCUT2D eigenvalue weighted by atomic mass is 16.5. The fourth-order valence-electron chi connectivity index (χ4n) is 6.23. The predicted octanol–water partition coefficient (Wildman–Crippen LogP) is 9.24. The van der Waals surface area contributed by atoms with Gasteiger partial charge in [0, 0.05) is 30.3 Å². The maximum atomic E-state index is 5.85. The van der Waals surface area contributed by atoms with E-state index in [0.29, 0.717) is 29.4 Å². The lowest BCUT2D eigenvalue weighted by Crippen LogP contribution is -2.21. The molecule has 0 bridgehead atoms. The summed E-state index contributed by atoms with van der Waals surface area (Å²) in [5.41, 5.74) is 10.6. The van der Waals surface area contributed by atoms with Crippen LogP contribution in [0.5, 0.6) is 23.0 Å². The van der Waals surface area contributed by atoms with Crippen molar-refractivity contribution in [3.8, 4) is 56.4 Å². The molecule has 1 heterocycles. The summed E-state index contributed by atoms with van der Waals surface area (Å²) in [4.78, 5) is 4.94. The zero-order chi connectivity index (χ0) is 33.6. The Morgan fingerprint density at radius 3 is 1.69 bits per heavy atom. The van der Waals surface area contributed by atoms with Gasteiger partial charge >= 0.3 is 0 Å². The van der Waals surface area contributed by atoms with Crippen molar-refractivity contribution in [2.45, 2.75) is 13.3 Å². The Balaban J connectivity index is 1.62. The van der Waals surface area contributed by atoms with Crippen LogP contribution in [-0.4, -0.2) is 33.0 Å². The molecular formula is C42H40N2O4. The van der Waals surface area contributed by atoms with Crippen LogP contribution in [0.15, 0.2) is 126 Å². The van der Waals surface area contributed by atoms with Crippen molar-refractivity contribution >= 4 is 10.9 Å². The number of fused-ring (bicyclic) bond motifs is 1. The number of allylic oxidation sites excluding steroid dienone is 1. The Labute approximate surface area is 282 Å². The molecule has 0 unspecified atom stereocenters. The van der Waals surface area contributed by atoms with Gasteiger partial charge in [-0.3, -0.25) is 0 Å². The molecule has 48 heavy (non-hydrogen) atoms. The van der Waals surface area contributed by atoms with E-state index in [1.165, 1.54) is 16.7 Å². The van der Waals surface area contributed by atoms with Crippen LogP contribution in [0.1, 0.15) is 18.1 Å². The topological polar surface area (TPSA) is 54.2 Å². The lowest BCUT2D eigenvalue weighted by Gasteiger charge is -2.19. The summed E-state index contributed by atoms with van der Waals surface area (Å²) in [6.45, 7) is 1.96. The molecule has 5 aromatic carbocycles. The molecular weight excluding hydrogens is 596 g/mol. The predicted molar refractivity (Wildman–Crippen MR) is 195 cm³/mol. The summed E-state index contributed by atoms with van der Waals surface area (Å²) in [6.07, 6.45) is 4.40. The highest BCUT2D eigenvalue weighted by Gasteiger charge is 2.19. The minimum Gasteiger partial charge on any atom is -0.493 e. The van der Waals surface area contributed by atoms with E-state index in [1.54, 1.807) is 28.4 Å². The van der Waals surface area contributed by atoms with Crippen LogP contribution in [-0.2, 0) is 13.5 Å². The van der Waals surface area contributed by atoms with Crippen molar-refractivity contribution in [3.05, 3.63) is 138 Å². The molecule has 0 saturated heterocycles. The zero-order valence-corrected chi connectivity index (χ0v) is 28.3. The highest BCUT2D eigenvalue weighted by molar-refractivity contribution is 5.88. The van der Waals surface area contributed by atoms with Crippen LogP contribution in [0.2, 0.25) is 0 Å². The van der Waals surface area contributed by atoms with E-state index in [0.717, 1.165) is 44.2 Å². The number of pyridine rings is 1. The number of rotatable bonds is 10. The molecule has 6 nitrogen and oxygen atoms in total. The van der Waals surface area contributed by atoms with Crippen LogP contribution in [0.4, 0.5) is 0 Å². The summed E-state index contributed by atoms with van der Waals surface area (Å²) in [6, 6.07) is 38.2. The quantitative estimate of drug-likeness (QED) is 0.150. The lowest BCUT2D eigenvalue weighted by molar-refractivity contribution is 0.355. The van der Waals surface area contributed by atoms with Crippen molar-refractivity contribution < 1.29 is 18.9 Å². The molecule has 0 radical (unpaired) electrons. The van der Waals surface area contributed by atoms with Gasteiger partial charge in [0.15, 0.2) is 23.0 Å². The first-order chi connectivity index (χ1) is 23.5. The average molecular weight is 637 g/mol. The molecule has 0 aliphatic rings. The molecule has 1 aromatic heterocycles. The molecule has 0 N–H and O–H groups in total. The molecule has 0 atom stereocenters. The number of aryl methyl sites for hydroxylation is 1. The van der Waals surface area contributed by atoms with E-state index in [9.17, 15) is 0 Å². The van der Waals surface area contributed by atoms with Crippen LogP contribution >= 0.6 is 0 Å². The second-order valence-corrected chi connectivity index (χ2v) is 11.5. The summed E-state index contributed by atoms with van der Waals surface area (Å²) in [7, 11) is 8.66.